The van der Waals surface area contributed by atoms with Crippen LogP contribution in [0, 0.1) is 6.92 Å². The number of benzene rings is 2. The highest BCUT2D eigenvalue weighted by Crippen LogP contribution is 2.31. The molecule has 0 fully saturated rings. The number of aryl methyl sites for hydroxylation is 3. The van der Waals surface area contributed by atoms with Crippen molar-refractivity contribution in [1.29, 1.82) is 0 Å². The van der Waals surface area contributed by atoms with E-state index in [1.165, 1.54) is 17.9 Å². The van der Waals surface area contributed by atoms with Gasteiger partial charge in [-0.15, -0.1) is 0 Å². The molecule has 0 saturated carbocycles. The van der Waals surface area contributed by atoms with Crippen LogP contribution in [0.4, 0.5) is 0 Å². The zero-order chi connectivity index (χ0) is 24.7. The summed E-state index contributed by atoms with van der Waals surface area (Å²) in [4.78, 5) is 47.2. The number of ketones is 1. The second-order valence-corrected chi connectivity index (χ2v) is 8.33. The Balaban J connectivity index is 1.60. The summed E-state index contributed by atoms with van der Waals surface area (Å²) in [7, 11) is 1.53. The van der Waals surface area contributed by atoms with E-state index >= 15 is 0 Å². The van der Waals surface area contributed by atoms with Gasteiger partial charge in [-0.3, -0.25) is 9.59 Å². The van der Waals surface area contributed by atoms with Crippen molar-refractivity contribution in [3.05, 3.63) is 99.4 Å². The predicted molar refractivity (Wildman–Crippen MR) is 131 cm³/mol. The molecular weight excluding hydrogens is 446 g/mol. The first-order chi connectivity index (χ1) is 16.9. The Labute approximate surface area is 200 Å². The van der Waals surface area contributed by atoms with Gasteiger partial charge in [0.25, 0.3) is 5.56 Å². The fraction of sp³-hybridized carbons (Fsp3) is 0.185. The van der Waals surface area contributed by atoms with Crippen LogP contribution < -0.4 is 5.56 Å². The van der Waals surface area contributed by atoms with E-state index in [4.69, 9.17) is 9.15 Å². The van der Waals surface area contributed by atoms with E-state index in [0.717, 1.165) is 22.9 Å². The van der Waals surface area contributed by atoms with Gasteiger partial charge in [0.15, 0.2) is 6.10 Å². The molecule has 1 N–H and O–H groups in total. The van der Waals surface area contributed by atoms with Gasteiger partial charge < -0.3 is 18.7 Å². The number of esters is 1. The Morgan fingerprint density at radius 2 is 1.91 bits per heavy atom. The fourth-order valence-electron chi connectivity index (χ4n) is 4.36. The number of hydrogen-bond acceptors (Lipinski definition) is 6. The van der Waals surface area contributed by atoms with Gasteiger partial charge >= 0.3 is 5.97 Å². The second-order valence-electron chi connectivity index (χ2n) is 8.33. The number of carbonyl (C=O) groups excluding carboxylic acids is 2. The van der Waals surface area contributed by atoms with Gasteiger partial charge in [0.2, 0.25) is 11.5 Å². The highest BCUT2D eigenvalue weighted by molar-refractivity contribution is 6.12. The molecule has 8 heteroatoms. The maximum atomic E-state index is 13.8. The number of H-pyrrole nitrogens is 1. The smallest absolute Gasteiger partial charge is 0.343 e. The summed E-state index contributed by atoms with van der Waals surface area (Å²) in [6.45, 7) is 3.60. The molecule has 0 bridgehead atoms. The quantitative estimate of drug-likeness (QED) is 0.286. The molecule has 35 heavy (non-hydrogen) atoms. The molecule has 3 heterocycles. The van der Waals surface area contributed by atoms with Crippen molar-refractivity contribution in [3.8, 4) is 0 Å². The Bertz CT molecular complexity index is 1640. The van der Waals surface area contributed by atoms with Crippen LogP contribution in [0.25, 0.3) is 22.0 Å². The summed E-state index contributed by atoms with van der Waals surface area (Å²) < 4.78 is 12.6. The van der Waals surface area contributed by atoms with Gasteiger partial charge in [-0.1, -0.05) is 55.5 Å². The average molecular weight is 469 g/mol. The van der Waals surface area contributed by atoms with Crippen LogP contribution in [0.3, 0.4) is 0 Å². The van der Waals surface area contributed by atoms with Crippen LogP contribution in [0.2, 0.25) is 0 Å². The molecule has 5 aromatic rings. The molecule has 0 aliphatic rings. The molecule has 0 amide bonds. The maximum Gasteiger partial charge on any atom is 0.343 e. The first-order valence-corrected chi connectivity index (χ1v) is 11.2. The zero-order valence-electron chi connectivity index (χ0n) is 19.5. The molecule has 1 unspecified atom stereocenters. The third kappa shape index (κ3) is 3.73. The van der Waals surface area contributed by atoms with E-state index in [2.05, 4.69) is 9.97 Å². The van der Waals surface area contributed by atoms with Crippen LogP contribution in [0.15, 0.2) is 70.3 Å². The number of rotatable bonds is 6. The van der Waals surface area contributed by atoms with Crippen molar-refractivity contribution < 1.29 is 18.7 Å². The van der Waals surface area contributed by atoms with E-state index in [0.29, 0.717) is 11.1 Å². The summed E-state index contributed by atoms with van der Waals surface area (Å²) in [5, 5.41) is 0.783. The second kappa shape index (κ2) is 8.72. The molecule has 0 aliphatic heterocycles. The normalized spacial score (nSPS) is 12.2. The molecular formula is C27H23N3O5. The molecule has 8 nitrogen and oxygen atoms in total. The van der Waals surface area contributed by atoms with Crippen molar-refractivity contribution in [2.24, 2.45) is 7.05 Å². The molecule has 2 aromatic carbocycles. The highest BCUT2D eigenvalue weighted by Gasteiger charge is 2.32. The lowest BCUT2D eigenvalue weighted by Crippen LogP contribution is -2.22. The van der Waals surface area contributed by atoms with Crippen LogP contribution >= 0.6 is 0 Å². The summed E-state index contributed by atoms with van der Waals surface area (Å²) in [5.41, 5.74) is 2.47. The first kappa shape index (κ1) is 22.3. The first-order valence-electron chi connectivity index (χ1n) is 11.2. The van der Waals surface area contributed by atoms with Gasteiger partial charge in [0.1, 0.15) is 23.0 Å². The lowest BCUT2D eigenvalue weighted by Gasteiger charge is -2.17. The number of aromatic nitrogens is 3. The minimum Gasteiger partial charge on any atom is -0.445 e. The maximum absolute atomic E-state index is 13.8. The molecule has 0 spiro atoms. The lowest BCUT2D eigenvalue weighted by molar-refractivity contribution is 0.0280. The number of furan rings is 1. The number of aromatic amines is 1. The largest absolute Gasteiger partial charge is 0.445 e. The fourth-order valence-corrected chi connectivity index (χ4v) is 4.36. The van der Waals surface area contributed by atoms with Crippen molar-refractivity contribution in [3.63, 3.8) is 0 Å². The average Bonchev–Trinajstić information content (AvgIpc) is 3.46. The standard InChI is InChI=1S/C27H23N3O5/c1-4-16-11-8-12-18-19(13-28-22(16)18)23(31)24(17-9-6-5-7-10-17)35-27(33)20-15(2)34-25-21(20)26(32)30(3)14-29-25/h5-14,24,28H,4H2,1-3H3. The third-order valence-electron chi connectivity index (χ3n) is 6.17. The molecule has 0 aliphatic carbocycles. The van der Waals surface area contributed by atoms with Crippen molar-refractivity contribution in [2.75, 3.05) is 0 Å². The van der Waals surface area contributed by atoms with Gasteiger partial charge in [-0.25, -0.2) is 9.78 Å². The summed E-state index contributed by atoms with van der Waals surface area (Å²) in [6.07, 6.45) is 2.55. The molecule has 3 aromatic heterocycles. The number of Topliss-reactive ketones (excluding diaryl/α,β-unsaturated/α-hetero) is 1. The van der Waals surface area contributed by atoms with Crippen molar-refractivity contribution in [1.82, 2.24) is 14.5 Å². The van der Waals surface area contributed by atoms with E-state index < -0.39 is 17.6 Å². The Kier molecular flexibility index (Phi) is 5.56. The monoisotopic (exact) mass is 469 g/mol. The van der Waals surface area contributed by atoms with E-state index in [-0.39, 0.29) is 28.2 Å². The van der Waals surface area contributed by atoms with Crippen molar-refractivity contribution in [2.45, 2.75) is 26.4 Å². The zero-order valence-corrected chi connectivity index (χ0v) is 19.5. The molecule has 0 radical (unpaired) electrons. The number of ether oxygens (including phenoxy) is 1. The van der Waals surface area contributed by atoms with Crippen LogP contribution in [-0.4, -0.2) is 26.3 Å². The molecule has 1 atom stereocenters. The molecule has 176 valence electrons. The summed E-state index contributed by atoms with van der Waals surface area (Å²) in [5.74, 6) is -1.01. The Morgan fingerprint density at radius 3 is 2.66 bits per heavy atom. The van der Waals surface area contributed by atoms with E-state index in [1.807, 2.05) is 31.2 Å². The van der Waals surface area contributed by atoms with Gasteiger partial charge in [-0.2, -0.15) is 0 Å². The lowest BCUT2D eigenvalue weighted by atomic mass is 9.98. The number of hydrogen-bond donors (Lipinski definition) is 1. The van der Waals surface area contributed by atoms with Crippen molar-refractivity contribution >= 4 is 33.8 Å². The number of para-hydroxylation sites is 1. The Hall–Kier alpha value is -4.46. The SMILES string of the molecule is CCc1cccc2c(C(=O)C(OC(=O)c3c(C)oc4ncn(C)c(=O)c34)c3ccccc3)c[nH]c12. The van der Waals surface area contributed by atoms with Crippen LogP contribution in [0.5, 0.6) is 0 Å². The van der Waals surface area contributed by atoms with Gasteiger partial charge in [0.05, 0.1) is 0 Å². The topological polar surface area (TPSA) is 107 Å². The minimum atomic E-state index is -1.22. The van der Waals surface area contributed by atoms with E-state index in [1.54, 1.807) is 37.4 Å². The molecule has 5 rings (SSSR count). The summed E-state index contributed by atoms with van der Waals surface area (Å²) >= 11 is 0. The van der Waals surface area contributed by atoms with Gasteiger partial charge in [-0.05, 0) is 18.9 Å². The highest BCUT2D eigenvalue weighted by atomic mass is 16.5. The third-order valence-corrected chi connectivity index (χ3v) is 6.17. The number of fused-ring (bicyclic) bond motifs is 2. The Morgan fingerprint density at radius 1 is 1.14 bits per heavy atom. The van der Waals surface area contributed by atoms with Gasteiger partial charge in [0, 0.05) is 35.3 Å². The summed E-state index contributed by atoms with van der Waals surface area (Å²) in [6, 6.07) is 14.6. The van der Waals surface area contributed by atoms with Crippen LogP contribution in [-0.2, 0) is 18.2 Å². The van der Waals surface area contributed by atoms with Crippen LogP contribution in [0.1, 0.15) is 50.6 Å². The predicted octanol–water partition coefficient (Wildman–Crippen LogP) is 4.66. The number of nitrogens with zero attached hydrogens (tertiary/aromatic N) is 2. The number of nitrogens with one attached hydrogen (secondary N) is 1. The van der Waals surface area contributed by atoms with E-state index in [9.17, 15) is 14.4 Å². The minimum absolute atomic E-state index is 0.0245. The molecule has 0 saturated heterocycles. The number of carbonyl (C=O) groups is 2.